The third-order valence-corrected chi connectivity index (χ3v) is 7.80. The molecule has 2 atom stereocenters. The average Bonchev–Trinajstić information content (AvgIpc) is 2.80. The maximum atomic E-state index is 13.5. The second kappa shape index (κ2) is 12.8. The van der Waals surface area contributed by atoms with Gasteiger partial charge in [0.15, 0.2) is 0 Å². The molecule has 0 aromatic heterocycles. The van der Waals surface area contributed by atoms with Gasteiger partial charge in [-0.15, -0.1) is 0 Å². The van der Waals surface area contributed by atoms with Gasteiger partial charge < -0.3 is 10.2 Å². The Morgan fingerprint density at radius 3 is 2.18 bits per heavy atom. The summed E-state index contributed by atoms with van der Waals surface area (Å²) in [7, 11) is -4.25. The van der Waals surface area contributed by atoms with Crippen molar-refractivity contribution in [2.45, 2.75) is 52.0 Å². The zero-order valence-corrected chi connectivity index (χ0v) is 24.0. The van der Waals surface area contributed by atoms with E-state index in [1.54, 1.807) is 13.0 Å². The Balaban J connectivity index is 2.51. The van der Waals surface area contributed by atoms with E-state index in [0.29, 0.717) is 27.4 Å². The molecule has 0 fully saturated rings. The average molecular weight is 617 g/mol. The predicted molar refractivity (Wildman–Crippen MR) is 143 cm³/mol. The summed E-state index contributed by atoms with van der Waals surface area (Å²) in [6, 6.07) is 5.75. The molecule has 0 radical (unpaired) electrons. The van der Waals surface area contributed by atoms with Crippen LogP contribution in [0.15, 0.2) is 36.4 Å². The SMILES string of the molecule is CC[C@@H](C)NC(=O)[C@@H](C)N(Cc1ccc(Cl)cc1Cl)C(=O)CN(c1ccc(Cl)c(C(F)(F)F)c1)S(C)(=O)=O. The van der Waals surface area contributed by atoms with Crippen LogP contribution in [0.1, 0.15) is 38.3 Å². The van der Waals surface area contributed by atoms with Crippen LogP contribution in [0.3, 0.4) is 0 Å². The first-order chi connectivity index (χ1) is 17.4. The number of anilines is 1. The van der Waals surface area contributed by atoms with Gasteiger partial charge in [0.2, 0.25) is 21.8 Å². The molecule has 0 unspecified atom stereocenters. The molecule has 1 N–H and O–H groups in total. The van der Waals surface area contributed by atoms with Gasteiger partial charge in [-0.2, -0.15) is 13.2 Å². The monoisotopic (exact) mass is 615 g/mol. The molecule has 210 valence electrons. The Kier molecular flexibility index (Phi) is 10.7. The summed E-state index contributed by atoms with van der Waals surface area (Å²) < 4.78 is 66.0. The van der Waals surface area contributed by atoms with Gasteiger partial charge in [-0.25, -0.2) is 8.42 Å². The number of hydrogen-bond acceptors (Lipinski definition) is 4. The third kappa shape index (κ3) is 8.39. The normalized spacial score (nSPS) is 13.5. The summed E-state index contributed by atoms with van der Waals surface area (Å²) in [6.45, 7) is 4.00. The number of alkyl halides is 3. The molecule has 7 nitrogen and oxygen atoms in total. The highest BCUT2D eigenvalue weighted by Crippen LogP contribution is 2.37. The molecule has 0 aliphatic heterocycles. The maximum absolute atomic E-state index is 13.5. The van der Waals surface area contributed by atoms with E-state index in [9.17, 15) is 31.2 Å². The van der Waals surface area contributed by atoms with Crippen molar-refractivity contribution in [1.29, 1.82) is 0 Å². The summed E-state index contributed by atoms with van der Waals surface area (Å²) in [5.74, 6) is -1.36. The Morgan fingerprint density at radius 2 is 1.66 bits per heavy atom. The Bertz CT molecular complexity index is 1290. The molecular weight excluding hydrogens is 590 g/mol. The van der Waals surface area contributed by atoms with Crippen molar-refractivity contribution in [3.8, 4) is 0 Å². The highest BCUT2D eigenvalue weighted by atomic mass is 35.5. The number of hydrogen-bond donors (Lipinski definition) is 1. The van der Waals surface area contributed by atoms with Gasteiger partial charge in [0, 0.05) is 22.6 Å². The van der Waals surface area contributed by atoms with Gasteiger partial charge in [-0.3, -0.25) is 13.9 Å². The first-order valence-corrected chi connectivity index (χ1v) is 14.3. The van der Waals surface area contributed by atoms with Gasteiger partial charge in [0.25, 0.3) is 0 Å². The van der Waals surface area contributed by atoms with Crippen molar-refractivity contribution in [3.63, 3.8) is 0 Å². The summed E-state index contributed by atoms with van der Waals surface area (Å²) in [5, 5.41) is 2.68. The molecule has 0 spiro atoms. The van der Waals surface area contributed by atoms with Crippen LogP contribution < -0.4 is 9.62 Å². The minimum atomic E-state index is -4.86. The molecule has 0 saturated heterocycles. The maximum Gasteiger partial charge on any atom is 0.417 e. The number of amides is 2. The fourth-order valence-electron chi connectivity index (χ4n) is 3.38. The second-order valence-electron chi connectivity index (χ2n) is 8.68. The van der Waals surface area contributed by atoms with Crippen LogP contribution in [-0.2, 0) is 32.3 Å². The van der Waals surface area contributed by atoms with Crippen LogP contribution in [0.4, 0.5) is 18.9 Å². The lowest BCUT2D eigenvalue weighted by Gasteiger charge is -2.32. The van der Waals surface area contributed by atoms with Crippen LogP contribution in [0.25, 0.3) is 0 Å². The van der Waals surface area contributed by atoms with Crippen molar-refractivity contribution in [3.05, 3.63) is 62.6 Å². The number of rotatable bonds is 10. The summed E-state index contributed by atoms with van der Waals surface area (Å²) in [4.78, 5) is 27.5. The highest BCUT2D eigenvalue weighted by Gasteiger charge is 2.35. The number of carbonyl (C=O) groups excluding carboxylic acids is 2. The minimum Gasteiger partial charge on any atom is -0.352 e. The van der Waals surface area contributed by atoms with Crippen LogP contribution in [0.2, 0.25) is 15.1 Å². The van der Waals surface area contributed by atoms with E-state index in [4.69, 9.17) is 34.8 Å². The molecule has 2 aromatic carbocycles. The van der Waals surface area contributed by atoms with E-state index in [1.165, 1.54) is 19.1 Å². The zero-order chi connectivity index (χ0) is 29.0. The molecule has 0 aliphatic rings. The van der Waals surface area contributed by atoms with E-state index in [1.807, 2.05) is 6.92 Å². The van der Waals surface area contributed by atoms with Crippen LogP contribution in [-0.4, -0.2) is 50.0 Å². The standard InChI is InChI=1S/C24H27Cl3F3N3O4S/c1-5-14(2)31-23(35)15(3)32(12-16-6-7-17(25)10-21(16)27)22(34)13-33(38(4,36)37)18-8-9-20(26)19(11-18)24(28,29)30/h6-11,14-15H,5,12-13H2,1-4H3,(H,31,35)/t14-,15-/m1/s1. The van der Waals surface area contributed by atoms with E-state index >= 15 is 0 Å². The number of sulfonamides is 1. The number of halogens is 6. The number of carbonyl (C=O) groups is 2. The van der Waals surface area contributed by atoms with E-state index in [0.717, 1.165) is 23.3 Å². The fraction of sp³-hybridized carbons (Fsp3) is 0.417. The molecule has 0 bridgehead atoms. The first kappa shape index (κ1) is 32.0. The van der Waals surface area contributed by atoms with Crippen LogP contribution in [0.5, 0.6) is 0 Å². The lowest BCUT2D eigenvalue weighted by Crippen LogP contribution is -2.52. The number of benzene rings is 2. The molecule has 2 aromatic rings. The molecule has 0 saturated carbocycles. The predicted octanol–water partition coefficient (Wildman–Crippen LogP) is 5.76. The van der Waals surface area contributed by atoms with Crippen molar-refractivity contribution < 1.29 is 31.2 Å². The molecular formula is C24H27Cl3F3N3O4S. The molecule has 2 rings (SSSR count). The van der Waals surface area contributed by atoms with E-state index in [-0.39, 0.29) is 17.6 Å². The van der Waals surface area contributed by atoms with Crippen molar-refractivity contribution in [2.24, 2.45) is 0 Å². The lowest BCUT2D eigenvalue weighted by molar-refractivity contribution is -0.139. The van der Waals surface area contributed by atoms with Gasteiger partial charge >= 0.3 is 6.18 Å². The highest BCUT2D eigenvalue weighted by molar-refractivity contribution is 7.92. The Labute approximate surface area is 234 Å². The number of nitrogens with one attached hydrogen (secondary N) is 1. The molecule has 0 heterocycles. The fourth-order valence-corrected chi connectivity index (χ4v) is 4.92. The van der Waals surface area contributed by atoms with Crippen LogP contribution in [0, 0.1) is 0 Å². The molecule has 38 heavy (non-hydrogen) atoms. The van der Waals surface area contributed by atoms with E-state index < -0.39 is 56.9 Å². The number of nitrogens with zero attached hydrogens (tertiary/aromatic N) is 2. The second-order valence-corrected chi connectivity index (χ2v) is 11.8. The molecule has 0 aliphatic carbocycles. The van der Waals surface area contributed by atoms with Gasteiger partial charge in [-0.05, 0) is 56.2 Å². The largest absolute Gasteiger partial charge is 0.417 e. The summed E-state index contributed by atoms with van der Waals surface area (Å²) >= 11 is 17.9. The minimum absolute atomic E-state index is 0.198. The van der Waals surface area contributed by atoms with Crippen molar-refractivity contribution in [2.75, 3.05) is 17.1 Å². The lowest BCUT2D eigenvalue weighted by atomic mass is 10.1. The third-order valence-electron chi connectivity index (χ3n) is 5.75. The van der Waals surface area contributed by atoms with Crippen molar-refractivity contribution in [1.82, 2.24) is 10.2 Å². The smallest absolute Gasteiger partial charge is 0.352 e. The van der Waals surface area contributed by atoms with Gasteiger partial charge in [-0.1, -0.05) is 47.8 Å². The van der Waals surface area contributed by atoms with E-state index in [2.05, 4.69) is 5.32 Å². The topological polar surface area (TPSA) is 86.8 Å². The van der Waals surface area contributed by atoms with Gasteiger partial charge in [0.1, 0.15) is 12.6 Å². The first-order valence-electron chi connectivity index (χ1n) is 11.3. The molecule has 2 amide bonds. The van der Waals surface area contributed by atoms with Crippen LogP contribution >= 0.6 is 34.8 Å². The Hall–Kier alpha value is -2.21. The van der Waals surface area contributed by atoms with Crippen molar-refractivity contribution >= 4 is 62.3 Å². The summed E-state index contributed by atoms with van der Waals surface area (Å²) in [5.41, 5.74) is -1.26. The van der Waals surface area contributed by atoms with Gasteiger partial charge in [0.05, 0.1) is 22.5 Å². The zero-order valence-electron chi connectivity index (χ0n) is 20.9. The quantitative estimate of drug-likeness (QED) is 0.368. The summed E-state index contributed by atoms with van der Waals surface area (Å²) in [6.07, 6.45) is -3.49. The Morgan fingerprint density at radius 1 is 1.03 bits per heavy atom. The molecule has 14 heteroatoms.